The summed E-state index contributed by atoms with van der Waals surface area (Å²) in [4.78, 5) is 12.8. The zero-order chi connectivity index (χ0) is 10.8. The Labute approximate surface area is 87.7 Å². The van der Waals surface area contributed by atoms with Gasteiger partial charge >= 0.3 is 6.09 Å². The molecular formula is C11H10N2O2. The molecule has 1 saturated heterocycles. The third-order valence-corrected chi connectivity index (χ3v) is 2.33. The van der Waals surface area contributed by atoms with Crippen LogP contribution in [0.25, 0.3) is 0 Å². The summed E-state index contributed by atoms with van der Waals surface area (Å²) in [5.41, 5.74) is 2.16. The van der Waals surface area contributed by atoms with Crippen molar-refractivity contribution in [3.05, 3.63) is 29.3 Å². The molecular weight excluding hydrogens is 192 g/mol. The Bertz CT molecular complexity index is 448. The van der Waals surface area contributed by atoms with Gasteiger partial charge in [0.25, 0.3) is 0 Å². The van der Waals surface area contributed by atoms with E-state index in [0.29, 0.717) is 24.4 Å². The number of benzene rings is 1. The number of amides is 1. The maximum atomic E-state index is 11.3. The van der Waals surface area contributed by atoms with Crippen LogP contribution in [0.5, 0.6) is 0 Å². The van der Waals surface area contributed by atoms with E-state index in [2.05, 4.69) is 6.07 Å². The lowest BCUT2D eigenvalue weighted by atomic mass is 10.1. The van der Waals surface area contributed by atoms with Crippen molar-refractivity contribution >= 4 is 11.8 Å². The first kappa shape index (κ1) is 9.53. The molecule has 15 heavy (non-hydrogen) atoms. The minimum absolute atomic E-state index is 0.378. The lowest BCUT2D eigenvalue weighted by molar-refractivity contribution is 0.181. The van der Waals surface area contributed by atoms with Crippen molar-refractivity contribution in [2.24, 2.45) is 0 Å². The van der Waals surface area contributed by atoms with Crippen molar-refractivity contribution in [2.45, 2.75) is 6.92 Å². The topological polar surface area (TPSA) is 53.3 Å². The molecule has 1 amide bonds. The Morgan fingerprint density at radius 3 is 2.93 bits per heavy atom. The van der Waals surface area contributed by atoms with Crippen LogP contribution < -0.4 is 4.90 Å². The highest BCUT2D eigenvalue weighted by Crippen LogP contribution is 2.24. The number of nitrogens with zero attached hydrogens (tertiary/aromatic N) is 2. The molecule has 0 atom stereocenters. The van der Waals surface area contributed by atoms with Crippen LogP contribution in [-0.4, -0.2) is 19.2 Å². The molecule has 0 unspecified atom stereocenters. The maximum Gasteiger partial charge on any atom is 0.414 e. The molecule has 0 aliphatic carbocycles. The second-order valence-electron chi connectivity index (χ2n) is 3.40. The van der Waals surface area contributed by atoms with Crippen molar-refractivity contribution in [3.63, 3.8) is 0 Å². The summed E-state index contributed by atoms with van der Waals surface area (Å²) >= 11 is 0. The molecule has 1 aliphatic heterocycles. The summed E-state index contributed by atoms with van der Waals surface area (Å²) in [5, 5.41) is 8.93. The Morgan fingerprint density at radius 2 is 2.33 bits per heavy atom. The largest absolute Gasteiger partial charge is 0.447 e. The second-order valence-corrected chi connectivity index (χ2v) is 3.40. The van der Waals surface area contributed by atoms with Gasteiger partial charge in [0.05, 0.1) is 17.8 Å². The number of aryl methyl sites for hydroxylation is 1. The van der Waals surface area contributed by atoms with Gasteiger partial charge in [-0.15, -0.1) is 0 Å². The predicted molar refractivity (Wildman–Crippen MR) is 54.6 cm³/mol. The van der Waals surface area contributed by atoms with Crippen LogP contribution >= 0.6 is 0 Å². The van der Waals surface area contributed by atoms with Crippen LogP contribution in [0.1, 0.15) is 11.1 Å². The molecule has 0 bridgehead atoms. The van der Waals surface area contributed by atoms with Gasteiger partial charge in [-0.3, -0.25) is 4.90 Å². The Morgan fingerprint density at radius 1 is 1.53 bits per heavy atom. The zero-order valence-electron chi connectivity index (χ0n) is 8.36. The van der Waals surface area contributed by atoms with Gasteiger partial charge in [0.2, 0.25) is 0 Å². The molecule has 0 spiro atoms. The van der Waals surface area contributed by atoms with Gasteiger partial charge in [-0.05, 0) is 24.6 Å². The van der Waals surface area contributed by atoms with Gasteiger partial charge in [0.1, 0.15) is 12.7 Å². The van der Waals surface area contributed by atoms with Crippen LogP contribution in [0.3, 0.4) is 0 Å². The van der Waals surface area contributed by atoms with E-state index in [-0.39, 0.29) is 6.09 Å². The van der Waals surface area contributed by atoms with Crippen molar-refractivity contribution in [3.8, 4) is 6.07 Å². The van der Waals surface area contributed by atoms with E-state index in [9.17, 15) is 4.79 Å². The standard InChI is InChI=1S/C11H10N2O2/c1-8-2-3-9(7-12)10(6-8)13-4-5-15-11(13)14/h2-3,6H,4-5H2,1H3. The molecule has 4 nitrogen and oxygen atoms in total. The number of hydrogen-bond donors (Lipinski definition) is 0. The molecule has 1 aliphatic rings. The smallest absolute Gasteiger partial charge is 0.414 e. The lowest BCUT2D eigenvalue weighted by Gasteiger charge is -2.14. The Hall–Kier alpha value is -2.02. The first-order valence-electron chi connectivity index (χ1n) is 4.67. The lowest BCUT2D eigenvalue weighted by Crippen LogP contribution is -2.24. The maximum absolute atomic E-state index is 11.3. The predicted octanol–water partition coefficient (Wildman–Crippen LogP) is 1.82. The van der Waals surface area contributed by atoms with Crippen molar-refractivity contribution < 1.29 is 9.53 Å². The molecule has 0 aromatic heterocycles. The third kappa shape index (κ3) is 1.64. The number of carbonyl (C=O) groups excluding carboxylic acids is 1. The molecule has 0 radical (unpaired) electrons. The number of hydrogen-bond acceptors (Lipinski definition) is 3. The Balaban J connectivity index is 2.46. The van der Waals surface area contributed by atoms with E-state index in [1.54, 1.807) is 6.07 Å². The van der Waals surface area contributed by atoms with Crippen LogP contribution in [0.2, 0.25) is 0 Å². The normalized spacial score (nSPS) is 14.9. The van der Waals surface area contributed by atoms with Gasteiger partial charge < -0.3 is 4.74 Å². The summed E-state index contributed by atoms with van der Waals surface area (Å²) < 4.78 is 4.84. The second kappa shape index (κ2) is 3.62. The zero-order valence-corrected chi connectivity index (χ0v) is 8.36. The molecule has 1 aromatic carbocycles. The van der Waals surface area contributed by atoms with Gasteiger partial charge in [-0.25, -0.2) is 4.79 Å². The van der Waals surface area contributed by atoms with Crippen LogP contribution in [0.4, 0.5) is 10.5 Å². The Kier molecular flexibility index (Phi) is 2.30. The highest BCUT2D eigenvalue weighted by molar-refractivity contribution is 5.91. The number of nitriles is 1. The first-order chi connectivity index (χ1) is 7.22. The number of cyclic esters (lactones) is 1. The minimum atomic E-state index is -0.378. The number of anilines is 1. The molecule has 1 heterocycles. The molecule has 76 valence electrons. The summed E-state index contributed by atoms with van der Waals surface area (Å²) in [7, 11) is 0. The summed E-state index contributed by atoms with van der Waals surface area (Å²) in [6, 6.07) is 7.46. The SMILES string of the molecule is Cc1ccc(C#N)c(N2CCOC2=O)c1. The summed E-state index contributed by atoms with van der Waals surface area (Å²) in [6.07, 6.45) is -0.378. The molecule has 4 heteroatoms. The number of ether oxygens (including phenoxy) is 1. The van der Waals surface area contributed by atoms with E-state index in [4.69, 9.17) is 10.00 Å². The summed E-state index contributed by atoms with van der Waals surface area (Å²) in [6.45, 7) is 2.82. The monoisotopic (exact) mass is 202 g/mol. The van der Waals surface area contributed by atoms with Crippen molar-refractivity contribution in [2.75, 3.05) is 18.1 Å². The van der Waals surface area contributed by atoms with E-state index in [1.165, 1.54) is 4.90 Å². The molecule has 0 saturated carbocycles. The molecule has 1 aromatic rings. The molecule has 0 N–H and O–H groups in total. The minimum Gasteiger partial charge on any atom is -0.447 e. The van der Waals surface area contributed by atoms with E-state index >= 15 is 0 Å². The number of carbonyl (C=O) groups is 1. The average Bonchev–Trinajstić information content (AvgIpc) is 2.64. The average molecular weight is 202 g/mol. The fraction of sp³-hybridized carbons (Fsp3) is 0.273. The highest BCUT2D eigenvalue weighted by atomic mass is 16.6. The van der Waals surface area contributed by atoms with E-state index < -0.39 is 0 Å². The van der Waals surface area contributed by atoms with E-state index in [1.807, 2.05) is 19.1 Å². The fourth-order valence-electron chi connectivity index (χ4n) is 1.57. The van der Waals surface area contributed by atoms with Gasteiger partial charge in [-0.1, -0.05) is 6.07 Å². The highest BCUT2D eigenvalue weighted by Gasteiger charge is 2.25. The van der Waals surface area contributed by atoms with Gasteiger partial charge in [0.15, 0.2) is 0 Å². The van der Waals surface area contributed by atoms with Crippen molar-refractivity contribution in [1.29, 1.82) is 5.26 Å². The summed E-state index contributed by atoms with van der Waals surface area (Å²) in [5.74, 6) is 0. The van der Waals surface area contributed by atoms with Crippen molar-refractivity contribution in [1.82, 2.24) is 0 Å². The van der Waals surface area contributed by atoms with Crippen LogP contribution in [0, 0.1) is 18.3 Å². The third-order valence-electron chi connectivity index (χ3n) is 2.33. The van der Waals surface area contributed by atoms with Gasteiger partial charge in [-0.2, -0.15) is 5.26 Å². The first-order valence-corrected chi connectivity index (χ1v) is 4.67. The quantitative estimate of drug-likeness (QED) is 0.698. The van der Waals surface area contributed by atoms with Gasteiger partial charge in [0, 0.05) is 0 Å². The van der Waals surface area contributed by atoms with Crippen LogP contribution in [-0.2, 0) is 4.74 Å². The molecule has 2 rings (SSSR count). The molecule has 1 fully saturated rings. The van der Waals surface area contributed by atoms with Crippen LogP contribution in [0.15, 0.2) is 18.2 Å². The van der Waals surface area contributed by atoms with E-state index in [0.717, 1.165) is 5.56 Å². The fourth-order valence-corrected chi connectivity index (χ4v) is 1.57. The number of rotatable bonds is 1.